The van der Waals surface area contributed by atoms with Gasteiger partial charge in [-0.1, -0.05) is 35.9 Å². The minimum Gasteiger partial charge on any atom is -0.346 e. The smallest absolute Gasteiger partial charge is 0.309 e. The number of sulfone groups is 1. The minimum atomic E-state index is -3.79. The van der Waals surface area contributed by atoms with E-state index in [2.05, 4.69) is 10.6 Å². The van der Waals surface area contributed by atoms with Gasteiger partial charge in [-0.25, -0.2) is 12.8 Å². The zero-order valence-corrected chi connectivity index (χ0v) is 18.3. The number of aryl methyl sites for hydroxylation is 1. The van der Waals surface area contributed by atoms with Crippen LogP contribution in [0.25, 0.3) is 0 Å². The number of hydrogen-bond acceptors (Lipinski definition) is 5. The predicted octanol–water partition coefficient (Wildman–Crippen LogP) is 3.14. The molecule has 0 saturated heterocycles. The molecule has 0 bridgehead atoms. The lowest BCUT2D eigenvalue weighted by Gasteiger charge is -2.17. The number of carbonyl (C=O) groups excluding carboxylic acids is 2. The molecule has 0 fully saturated rings. The topological polar surface area (TPSA) is 92.3 Å². The Kier molecular flexibility index (Phi) is 7.19. The van der Waals surface area contributed by atoms with Gasteiger partial charge >= 0.3 is 11.8 Å². The van der Waals surface area contributed by atoms with E-state index < -0.39 is 32.7 Å². The van der Waals surface area contributed by atoms with E-state index >= 15 is 0 Å². The lowest BCUT2D eigenvalue weighted by molar-refractivity contribution is -0.139. The second kappa shape index (κ2) is 9.84. The van der Waals surface area contributed by atoms with E-state index in [0.29, 0.717) is 10.4 Å². The molecule has 0 spiro atoms. The summed E-state index contributed by atoms with van der Waals surface area (Å²) in [6, 6.07) is 15.4. The Morgan fingerprint density at radius 3 is 2.23 bits per heavy atom. The molecule has 3 rings (SSSR count). The van der Waals surface area contributed by atoms with Crippen LogP contribution in [0.2, 0.25) is 0 Å². The van der Waals surface area contributed by atoms with Gasteiger partial charge in [-0.05, 0) is 48.2 Å². The summed E-state index contributed by atoms with van der Waals surface area (Å²) in [5, 5.41) is 5.58. The third-order valence-electron chi connectivity index (χ3n) is 4.61. The maximum Gasteiger partial charge on any atom is 0.309 e. The molecule has 2 aromatic carbocycles. The standard InChI is InChI=1S/C22H21FN2O4S2/c1-15-4-10-18(11-5-15)31(28,29)20(19-3-2-12-30-19)14-25-22(27)21(26)24-13-16-6-8-17(23)9-7-16/h2-12,20H,13-14H2,1H3,(H,24,26)(H,25,27). The van der Waals surface area contributed by atoms with E-state index in [4.69, 9.17) is 0 Å². The molecule has 1 aromatic heterocycles. The second-order valence-electron chi connectivity index (χ2n) is 6.88. The van der Waals surface area contributed by atoms with Gasteiger partial charge < -0.3 is 10.6 Å². The molecule has 2 amide bonds. The molecule has 9 heteroatoms. The largest absolute Gasteiger partial charge is 0.346 e. The molecule has 0 radical (unpaired) electrons. The van der Waals surface area contributed by atoms with Crippen LogP contribution in [0.3, 0.4) is 0 Å². The summed E-state index contributed by atoms with van der Waals surface area (Å²) in [7, 11) is -3.79. The van der Waals surface area contributed by atoms with Gasteiger partial charge in [0.25, 0.3) is 0 Å². The van der Waals surface area contributed by atoms with Crippen molar-refractivity contribution in [3.05, 3.63) is 87.9 Å². The summed E-state index contributed by atoms with van der Waals surface area (Å²) in [6.07, 6.45) is 0. The lowest BCUT2D eigenvalue weighted by Crippen LogP contribution is -2.42. The van der Waals surface area contributed by atoms with Crippen molar-refractivity contribution in [1.29, 1.82) is 0 Å². The monoisotopic (exact) mass is 460 g/mol. The van der Waals surface area contributed by atoms with Crippen LogP contribution in [0, 0.1) is 12.7 Å². The third kappa shape index (κ3) is 5.77. The third-order valence-corrected chi connectivity index (χ3v) is 7.84. The molecule has 1 unspecified atom stereocenters. The van der Waals surface area contributed by atoms with Crippen LogP contribution < -0.4 is 10.6 Å². The first-order valence-corrected chi connectivity index (χ1v) is 11.8. The highest BCUT2D eigenvalue weighted by Crippen LogP contribution is 2.31. The molecule has 0 aliphatic heterocycles. The fourth-order valence-corrected chi connectivity index (χ4v) is 5.64. The summed E-state index contributed by atoms with van der Waals surface area (Å²) in [4.78, 5) is 25.0. The Morgan fingerprint density at radius 2 is 1.61 bits per heavy atom. The maximum absolute atomic E-state index is 13.2. The van der Waals surface area contributed by atoms with Crippen LogP contribution >= 0.6 is 11.3 Å². The number of hydrogen-bond donors (Lipinski definition) is 2. The van der Waals surface area contributed by atoms with E-state index in [1.54, 1.807) is 29.6 Å². The van der Waals surface area contributed by atoms with Gasteiger partial charge in [0.05, 0.1) is 4.90 Å². The number of benzene rings is 2. The quantitative estimate of drug-likeness (QED) is 0.530. The van der Waals surface area contributed by atoms with Gasteiger partial charge in [-0.2, -0.15) is 0 Å². The maximum atomic E-state index is 13.2. The Bertz CT molecular complexity index is 1140. The number of amides is 2. The van der Waals surface area contributed by atoms with Crippen molar-refractivity contribution in [3.8, 4) is 0 Å². The van der Waals surface area contributed by atoms with E-state index in [1.807, 2.05) is 6.92 Å². The van der Waals surface area contributed by atoms with Gasteiger partial charge in [-0.3, -0.25) is 9.59 Å². The van der Waals surface area contributed by atoms with Gasteiger partial charge in [-0.15, -0.1) is 11.3 Å². The molecule has 6 nitrogen and oxygen atoms in total. The number of carbonyl (C=O) groups is 2. The molecule has 2 N–H and O–H groups in total. The van der Waals surface area contributed by atoms with E-state index in [1.165, 1.54) is 47.7 Å². The molecule has 1 atom stereocenters. The van der Waals surface area contributed by atoms with Crippen molar-refractivity contribution in [2.45, 2.75) is 23.6 Å². The Labute approximate surface area is 184 Å². The second-order valence-corrected chi connectivity index (χ2v) is 9.99. The molecule has 0 aliphatic carbocycles. The molecule has 1 heterocycles. The van der Waals surface area contributed by atoms with Crippen LogP contribution in [-0.2, 0) is 26.0 Å². The summed E-state index contributed by atoms with van der Waals surface area (Å²) in [5.41, 5.74) is 1.55. The van der Waals surface area contributed by atoms with E-state index in [0.717, 1.165) is 5.56 Å². The molecular formula is C22H21FN2O4S2. The van der Waals surface area contributed by atoms with E-state index in [-0.39, 0.29) is 18.0 Å². The SMILES string of the molecule is Cc1ccc(S(=O)(=O)C(CNC(=O)C(=O)NCc2ccc(F)cc2)c2cccs2)cc1. The highest BCUT2D eigenvalue weighted by Gasteiger charge is 2.31. The molecular weight excluding hydrogens is 439 g/mol. The van der Waals surface area contributed by atoms with Crippen molar-refractivity contribution < 1.29 is 22.4 Å². The highest BCUT2D eigenvalue weighted by atomic mass is 32.2. The van der Waals surface area contributed by atoms with Crippen molar-refractivity contribution in [2.75, 3.05) is 6.54 Å². The fraction of sp³-hybridized carbons (Fsp3) is 0.182. The first kappa shape index (κ1) is 22.6. The molecule has 0 aliphatic rings. The van der Waals surface area contributed by atoms with Crippen LogP contribution in [-0.4, -0.2) is 26.8 Å². The van der Waals surface area contributed by atoms with Crippen molar-refractivity contribution >= 4 is 33.0 Å². The average molecular weight is 461 g/mol. The van der Waals surface area contributed by atoms with Gasteiger partial charge in [0, 0.05) is 18.0 Å². The Balaban J connectivity index is 1.68. The molecule has 31 heavy (non-hydrogen) atoms. The van der Waals surface area contributed by atoms with Crippen molar-refractivity contribution in [3.63, 3.8) is 0 Å². The van der Waals surface area contributed by atoms with Gasteiger partial charge in [0.2, 0.25) is 0 Å². The van der Waals surface area contributed by atoms with Crippen LogP contribution in [0.5, 0.6) is 0 Å². The lowest BCUT2D eigenvalue weighted by atomic mass is 10.2. The summed E-state index contributed by atoms with van der Waals surface area (Å²) in [6.45, 7) is 1.65. The molecule has 3 aromatic rings. The normalized spacial score (nSPS) is 12.2. The van der Waals surface area contributed by atoms with Crippen LogP contribution in [0.15, 0.2) is 70.9 Å². The van der Waals surface area contributed by atoms with Crippen LogP contribution in [0.1, 0.15) is 21.3 Å². The van der Waals surface area contributed by atoms with Gasteiger partial charge in [0.15, 0.2) is 9.84 Å². The van der Waals surface area contributed by atoms with Crippen molar-refractivity contribution in [1.82, 2.24) is 10.6 Å². The zero-order valence-electron chi connectivity index (χ0n) is 16.7. The summed E-state index contributed by atoms with van der Waals surface area (Å²) >= 11 is 1.26. The minimum absolute atomic E-state index is 0.0442. The first-order valence-electron chi connectivity index (χ1n) is 9.42. The predicted molar refractivity (Wildman–Crippen MR) is 117 cm³/mol. The Hall–Kier alpha value is -3.04. The fourth-order valence-electron chi connectivity index (χ4n) is 2.86. The zero-order chi connectivity index (χ0) is 22.4. The average Bonchev–Trinajstić information content (AvgIpc) is 3.27. The first-order chi connectivity index (χ1) is 14.8. The van der Waals surface area contributed by atoms with Crippen molar-refractivity contribution in [2.24, 2.45) is 0 Å². The Morgan fingerprint density at radius 1 is 0.968 bits per heavy atom. The van der Waals surface area contributed by atoms with E-state index in [9.17, 15) is 22.4 Å². The molecule has 162 valence electrons. The summed E-state index contributed by atoms with van der Waals surface area (Å²) in [5.74, 6) is -2.24. The number of thiophene rings is 1. The molecule has 0 saturated carbocycles. The number of rotatable bonds is 7. The summed E-state index contributed by atoms with van der Waals surface area (Å²) < 4.78 is 39.3. The number of halogens is 1. The highest BCUT2D eigenvalue weighted by molar-refractivity contribution is 7.91. The van der Waals surface area contributed by atoms with Crippen LogP contribution in [0.4, 0.5) is 4.39 Å². The number of nitrogens with one attached hydrogen (secondary N) is 2. The van der Waals surface area contributed by atoms with Gasteiger partial charge in [0.1, 0.15) is 11.1 Å².